The molecule has 172 valence electrons. The number of fused-ring (bicyclic) bond motifs is 2. The minimum absolute atomic E-state index is 0.220. The van der Waals surface area contributed by atoms with Gasteiger partial charge in [0.2, 0.25) is 0 Å². The molecule has 2 saturated heterocycles. The van der Waals surface area contributed by atoms with Gasteiger partial charge in [-0.1, -0.05) is 36.4 Å². The van der Waals surface area contributed by atoms with Crippen LogP contribution in [0.15, 0.2) is 49.1 Å². The zero-order valence-electron chi connectivity index (χ0n) is 17.9. The van der Waals surface area contributed by atoms with Crippen molar-refractivity contribution < 1.29 is 24.1 Å². The largest absolute Gasteiger partial charge is 0.394 e. The summed E-state index contributed by atoms with van der Waals surface area (Å²) in [7, 11) is 0. The van der Waals surface area contributed by atoms with Crippen LogP contribution in [-0.2, 0) is 14.2 Å². The zero-order chi connectivity index (χ0) is 22.8. The van der Waals surface area contributed by atoms with Gasteiger partial charge in [0, 0.05) is 6.54 Å². The first kappa shape index (κ1) is 21.5. The number of ether oxygens (including phenoxy) is 3. The van der Waals surface area contributed by atoms with Crippen LogP contribution in [0.2, 0.25) is 0 Å². The molecule has 3 unspecified atom stereocenters. The number of amides is 2. The molecule has 11 heteroatoms. The van der Waals surface area contributed by atoms with Crippen molar-refractivity contribution in [2.45, 2.75) is 37.8 Å². The molecule has 5 atom stereocenters. The van der Waals surface area contributed by atoms with E-state index in [0.717, 1.165) is 5.56 Å². The second-order valence-electron chi connectivity index (χ2n) is 7.62. The normalized spacial score (nSPS) is 26.7. The van der Waals surface area contributed by atoms with Gasteiger partial charge in [0.25, 0.3) is 0 Å². The van der Waals surface area contributed by atoms with E-state index in [0.29, 0.717) is 17.7 Å². The molecule has 2 amide bonds. The summed E-state index contributed by atoms with van der Waals surface area (Å²) in [5.41, 5.74) is 1.90. The number of nitrogens with zero attached hydrogens (tertiary/aromatic N) is 4. The van der Waals surface area contributed by atoms with Gasteiger partial charge in [-0.2, -0.15) is 0 Å². The van der Waals surface area contributed by atoms with Crippen LogP contribution < -0.4 is 10.6 Å². The maximum atomic E-state index is 11.9. The molecule has 33 heavy (non-hydrogen) atoms. The number of nitrogens with one attached hydrogen (secondary N) is 2. The minimum Gasteiger partial charge on any atom is -0.394 e. The molecule has 2 aliphatic rings. The second-order valence-corrected chi connectivity index (χ2v) is 7.62. The number of carbonyl (C=O) groups is 1. The van der Waals surface area contributed by atoms with Gasteiger partial charge >= 0.3 is 6.03 Å². The SMILES string of the molecule is CCNC(=O)Nc1ncnc2c1ncn2C1OC(CO)C2O[C@H](C=Cc3ccccc3)O[C@@H]21. The first-order valence-corrected chi connectivity index (χ1v) is 10.7. The maximum Gasteiger partial charge on any atom is 0.320 e. The molecule has 2 aromatic heterocycles. The maximum absolute atomic E-state index is 11.9. The van der Waals surface area contributed by atoms with Crippen molar-refractivity contribution >= 4 is 29.1 Å². The van der Waals surface area contributed by atoms with E-state index in [1.165, 1.54) is 6.33 Å². The van der Waals surface area contributed by atoms with E-state index in [-0.39, 0.29) is 18.5 Å². The molecular weight excluding hydrogens is 428 g/mol. The van der Waals surface area contributed by atoms with Crippen molar-refractivity contribution in [3.8, 4) is 0 Å². The molecule has 0 aliphatic carbocycles. The number of aliphatic hydroxyl groups excluding tert-OH is 1. The first-order valence-electron chi connectivity index (χ1n) is 10.7. The third-order valence-electron chi connectivity index (χ3n) is 5.50. The summed E-state index contributed by atoms with van der Waals surface area (Å²) in [5, 5.41) is 15.2. The van der Waals surface area contributed by atoms with E-state index in [4.69, 9.17) is 14.2 Å². The minimum atomic E-state index is -0.625. The lowest BCUT2D eigenvalue weighted by molar-refractivity contribution is -0.133. The highest BCUT2D eigenvalue weighted by Crippen LogP contribution is 2.40. The smallest absolute Gasteiger partial charge is 0.320 e. The van der Waals surface area contributed by atoms with Gasteiger partial charge in [0.1, 0.15) is 24.6 Å². The lowest BCUT2D eigenvalue weighted by Crippen LogP contribution is -2.30. The molecule has 4 heterocycles. The Morgan fingerprint density at radius 1 is 1.15 bits per heavy atom. The quantitative estimate of drug-likeness (QED) is 0.515. The van der Waals surface area contributed by atoms with Gasteiger partial charge in [-0.15, -0.1) is 0 Å². The molecule has 0 spiro atoms. The predicted molar refractivity (Wildman–Crippen MR) is 118 cm³/mol. The van der Waals surface area contributed by atoms with Gasteiger partial charge in [-0.3, -0.25) is 9.88 Å². The Balaban J connectivity index is 1.39. The fourth-order valence-corrected chi connectivity index (χ4v) is 4.02. The second kappa shape index (κ2) is 9.24. The van der Waals surface area contributed by atoms with Crippen LogP contribution in [0, 0.1) is 0 Å². The van der Waals surface area contributed by atoms with Crippen LogP contribution in [-0.4, -0.2) is 68.4 Å². The molecular formula is C22H24N6O5. The van der Waals surface area contributed by atoms with Crippen molar-refractivity contribution in [1.82, 2.24) is 24.8 Å². The third-order valence-corrected chi connectivity index (χ3v) is 5.50. The number of imidazole rings is 1. The summed E-state index contributed by atoms with van der Waals surface area (Å²) in [5.74, 6) is 0.283. The number of urea groups is 1. The van der Waals surface area contributed by atoms with Crippen molar-refractivity contribution in [2.24, 2.45) is 0 Å². The van der Waals surface area contributed by atoms with Crippen LogP contribution in [0.1, 0.15) is 18.7 Å². The Morgan fingerprint density at radius 2 is 1.97 bits per heavy atom. The fourth-order valence-electron chi connectivity index (χ4n) is 4.02. The van der Waals surface area contributed by atoms with Crippen LogP contribution in [0.4, 0.5) is 10.6 Å². The number of benzene rings is 1. The molecule has 2 aliphatic heterocycles. The summed E-state index contributed by atoms with van der Waals surface area (Å²) >= 11 is 0. The van der Waals surface area contributed by atoms with Crippen LogP contribution in [0.25, 0.3) is 17.2 Å². The molecule has 0 saturated carbocycles. The Bertz CT molecular complexity index is 1150. The fraction of sp³-hybridized carbons (Fsp3) is 0.364. The monoisotopic (exact) mass is 452 g/mol. The standard InChI is InChI=1S/C22H24N6O5/c1-2-23-22(30)27-19-16-20(25-11-24-19)28(12-26-16)21-18-17(14(10-29)31-21)32-15(33-18)9-8-13-6-4-3-5-7-13/h3-9,11-12,14-15,17-18,21,29H,2,10H2,1H3,(H2,23,24,25,27,30)/t14?,15-,17?,18-,21?/m0/s1. The van der Waals surface area contributed by atoms with E-state index in [9.17, 15) is 9.90 Å². The summed E-state index contributed by atoms with van der Waals surface area (Å²) in [6.07, 6.45) is 3.94. The van der Waals surface area contributed by atoms with Gasteiger partial charge < -0.3 is 24.6 Å². The summed E-state index contributed by atoms with van der Waals surface area (Å²) in [4.78, 5) is 24.8. The third kappa shape index (κ3) is 4.18. The topological polar surface area (TPSA) is 133 Å². The Labute approximate surface area is 189 Å². The lowest BCUT2D eigenvalue weighted by atomic mass is 10.1. The molecule has 5 rings (SSSR count). The molecule has 3 N–H and O–H groups in total. The van der Waals surface area contributed by atoms with Gasteiger partial charge in [0.05, 0.1) is 12.9 Å². The van der Waals surface area contributed by atoms with Crippen LogP contribution in [0.3, 0.4) is 0 Å². The van der Waals surface area contributed by atoms with Crippen molar-refractivity contribution in [3.05, 3.63) is 54.6 Å². The molecule has 0 bridgehead atoms. The zero-order valence-corrected chi connectivity index (χ0v) is 17.9. The van der Waals surface area contributed by atoms with Crippen LogP contribution in [0.5, 0.6) is 0 Å². The highest BCUT2D eigenvalue weighted by atomic mass is 16.8. The summed E-state index contributed by atoms with van der Waals surface area (Å²) in [6.45, 7) is 2.08. The van der Waals surface area contributed by atoms with E-state index in [1.807, 2.05) is 49.4 Å². The number of rotatable bonds is 6. The molecule has 3 aromatic rings. The Hall–Kier alpha value is -3.38. The highest BCUT2D eigenvalue weighted by molar-refractivity contribution is 5.95. The van der Waals surface area contributed by atoms with Gasteiger partial charge in [-0.05, 0) is 18.6 Å². The van der Waals surface area contributed by atoms with Crippen molar-refractivity contribution in [1.29, 1.82) is 0 Å². The van der Waals surface area contributed by atoms with Gasteiger partial charge in [0.15, 0.2) is 29.5 Å². The molecule has 1 aromatic carbocycles. The Morgan fingerprint density at radius 3 is 2.76 bits per heavy atom. The first-order chi connectivity index (χ1) is 16.2. The van der Waals surface area contributed by atoms with Crippen LogP contribution >= 0.6 is 0 Å². The number of hydrogen-bond acceptors (Lipinski definition) is 8. The van der Waals surface area contributed by atoms with Gasteiger partial charge in [-0.25, -0.2) is 19.7 Å². The highest BCUT2D eigenvalue weighted by Gasteiger charge is 2.53. The average molecular weight is 452 g/mol. The number of aliphatic hydroxyl groups is 1. The number of hydrogen-bond donors (Lipinski definition) is 3. The van der Waals surface area contributed by atoms with E-state index >= 15 is 0 Å². The summed E-state index contributed by atoms with van der Waals surface area (Å²) in [6, 6.07) is 9.45. The summed E-state index contributed by atoms with van der Waals surface area (Å²) < 4.78 is 19.9. The lowest BCUT2D eigenvalue weighted by Gasteiger charge is -2.19. The number of carbonyl (C=O) groups excluding carboxylic acids is 1. The predicted octanol–water partition coefficient (Wildman–Crippen LogP) is 1.68. The van der Waals surface area contributed by atoms with E-state index in [2.05, 4.69) is 25.6 Å². The molecule has 2 fully saturated rings. The van der Waals surface area contributed by atoms with E-state index < -0.39 is 30.8 Å². The molecule has 11 nitrogen and oxygen atoms in total. The van der Waals surface area contributed by atoms with Crippen molar-refractivity contribution in [3.63, 3.8) is 0 Å². The molecule has 0 radical (unpaired) electrons. The number of aromatic nitrogens is 4. The average Bonchev–Trinajstić information content (AvgIpc) is 3.52. The van der Waals surface area contributed by atoms with E-state index in [1.54, 1.807) is 10.9 Å². The van der Waals surface area contributed by atoms with Crippen molar-refractivity contribution in [2.75, 3.05) is 18.5 Å². The Kier molecular flexibility index (Phi) is 6.01. The number of anilines is 1.